The average Bonchev–Trinajstić information content (AvgIpc) is 3.33. The van der Waals surface area contributed by atoms with Crippen molar-refractivity contribution < 1.29 is 4.79 Å². The molecule has 1 N–H and O–H groups in total. The second kappa shape index (κ2) is 7.44. The Morgan fingerprint density at radius 3 is 2.69 bits per heavy atom. The summed E-state index contributed by atoms with van der Waals surface area (Å²) < 4.78 is 0. The zero-order valence-corrected chi connectivity index (χ0v) is 15.6. The summed E-state index contributed by atoms with van der Waals surface area (Å²) in [6.45, 7) is 3.19. The molecular weight excluding hydrogens is 340 g/mol. The number of anilines is 1. The van der Waals surface area contributed by atoms with E-state index in [0.29, 0.717) is 6.54 Å². The molecule has 2 aromatic carbocycles. The molecule has 26 heavy (non-hydrogen) atoms. The summed E-state index contributed by atoms with van der Waals surface area (Å²) in [6, 6.07) is 20.9. The summed E-state index contributed by atoms with van der Waals surface area (Å²) in [5.41, 5.74) is 4.74. The van der Waals surface area contributed by atoms with Gasteiger partial charge in [-0.15, -0.1) is 11.3 Å². The number of hydrogen-bond donors (Lipinski definition) is 1. The predicted octanol–water partition coefficient (Wildman–Crippen LogP) is 4.32. The van der Waals surface area contributed by atoms with Crippen LogP contribution in [0, 0.1) is 6.92 Å². The highest BCUT2D eigenvalue weighted by atomic mass is 32.1. The smallest absolute Gasteiger partial charge is 0.240 e. The van der Waals surface area contributed by atoms with Gasteiger partial charge >= 0.3 is 0 Å². The third-order valence-electron chi connectivity index (χ3n) is 4.88. The number of rotatable bonds is 5. The van der Waals surface area contributed by atoms with Crippen LogP contribution >= 0.6 is 11.3 Å². The van der Waals surface area contributed by atoms with Crippen LogP contribution in [-0.2, 0) is 11.2 Å². The number of amides is 1. The maximum atomic E-state index is 12.8. The van der Waals surface area contributed by atoms with Crippen LogP contribution in [0.5, 0.6) is 0 Å². The minimum absolute atomic E-state index is 0.0393. The normalized spacial score (nSPS) is 14.3. The van der Waals surface area contributed by atoms with Crippen molar-refractivity contribution >= 4 is 22.9 Å². The van der Waals surface area contributed by atoms with Crippen LogP contribution in [0.15, 0.2) is 66.0 Å². The van der Waals surface area contributed by atoms with E-state index in [9.17, 15) is 4.79 Å². The molecule has 0 unspecified atom stereocenters. The van der Waals surface area contributed by atoms with Crippen molar-refractivity contribution in [3.05, 3.63) is 87.6 Å². The van der Waals surface area contributed by atoms with Gasteiger partial charge in [-0.3, -0.25) is 10.1 Å². The molecule has 4 rings (SSSR count). The molecule has 0 saturated heterocycles. The zero-order chi connectivity index (χ0) is 17.9. The molecule has 1 aliphatic rings. The number of carbonyl (C=O) groups excluding carboxylic acids is 1. The molecule has 3 nitrogen and oxygen atoms in total. The second-order valence-electron chi connectivity index (χ2n) is 6.66. The second-order valence-corrected chi connectivity index (χ2v) is 7.64. The van der Waals surface area contributed by atoms with Gasteiger partial charge in [0.2, 0.25) is 5.91 Å². The molecule has 0 aliphatic carbocycles. The van der Waals surface area contributed by atoms with Crippen LogP contribution in [0.1, 0.15) is 27.6 Å². The van der Waals surface area contributed by atoms with Gasteiger partial charge in [-0.2, -0.15) is 0 Å². The van der Waals surface area contributed by atoms with Gasteiger partial charge in [-0.1, -0.05) is 54.1 Å². The third-order valence-corrected chi connectivity index (χ3v) is 5.82. The van der Waals surface area contributed by atoms with Crippen LogP contribution < -0.4 is 10.2 Å². The number of fused-ring (bicyclic) bond motifs is 1. The molecule has 4 heteroatoms. The zero-order valence-electron chi connectivity index (χ0n) is 14.8. The Bertz CT molecular complexity index is 887. The minimum Gasteiger partial charge on any atom is -0.311 e. The van der Waals surface area contributed by atoms with E-state index in [-0.39, 0.29) is 11.9 Å². The molecule has 0 spiro atoms. The first kappa shape index (κ1) is 17.0. The Morgan fingerprint density at radius 2 is 1.92 bits per heavy atom. The number of benzene rings is 2. The van der Waals surface area contributed by atoms with Gasteiger partial charge in [-0.05, 0) is 42.0 Å². The predicted molar refractivity (Wildman–Crippen MR) is 108 cm³/mol. The van der Waals surface area contributed by atoms with Gasteiger partial charge < -0.3 is 4.90 Å². The number of thiophene rings is 1. The van der Waals surface area contributed by atoms with Crippen LogP contribution in [0.3, 0.4) is 0 Å². The highest BCUT2D eigenvalue weighted by Crippen LogP contribution is 2.29. The first-order valence-electron chi connectivity index (χ1n) is 8.94. The number of para-hydroxylation sites is 1. The van der Waals surface area contributed by atoms with Crippen LogP contribution in [0.2, 0.25) is 0 Å². The van der Waals surface area contributed by atoms with E-state index in [1.807, 2.05) is 23.1 Å². The maximum Gasteiger partial charge on any atom is 0.240 e. The van der Waals surface area contributed by atoms with Crippen LogP contribution in [0.4, 0.5) is 5.69 Å². The van der Waals surface area contributed by atoms with Crippen molar-refractivity contribution in [2.45, 2.75) is 19.4 Å². The highest BCUT2D eigenvalue weighted by Gasteiger charge is 2.25. The number of carbonyl (C=O) groups is 1. The van der Waals surface area contributed by atoms with Crippen LogP contribution in [0.25, 0.3) is 0 Å². The lowest BCUT2D eigenvalue weighted by atomic mass is 10.0. The lowest BCUT2D eigenvalue weighted by molar-refractivity contribution is -0.117. The van der Waals surface area contributed by atoms with E-state index in [0.717, 1.165) is 18.7 Å². The van der Waals surface area contributed by atoms with E-state index >= 15 is 0 Å². The van der Waals surface area contributed by atoms with Crippen molar-refractivity contribution in [1.29, 1.82) is 0 Å². The summed E-state index contributed by atoms with van der Waals surface area (Å²) in [6.07, 6.45) is 0.939. The van der Waals surface area contributed by atoms with E-state index in [4.69, 9.17) is 0 Å². The highest BCUT2D eigenvalue weighted by molar-refractivity contribution is 7.10. The Kier molecular flexibility index (Phi) is 4.87. The molecule has 132 valence electrons. The first-order chi connectivity index (χ1) is 12.7. The molecule has 3 aromatic rings. The Morgan fingerprint density at radius 1 is 1.12 bits per heavy atom. The summed E-state index contributed by atoms with van der Waals surface area (Å²) in [5, 5.41) is 5.56. The molecule has 1 aliphatic heterocycles. The fourth-order valence-electron chi connectivity index (χ4n) is 3.48. The van der Waals surface area contributed by atoms with E-state index in [2.05, 4.69) is 60.1 Å². The van der Waals surface area contributed by atoms with Crippen molar-refractivity contribution in [3.63, 3.8) is 0 Å². The molecular formula is C22H22N2OS. The van der Waals surface area contributed by atoms with Gasteiger partial charge in [0.05, 0.1) is 12.6 Å². The lowest BCUT2D eigenvalue weighted by Crippen LogP contribution is -2.38. The monoisotopic (exact) mass is 362 g/mol. The van der Waals surface area contributed by atoms with Gasteiger partial charge in [0, 0.05) is 17.1 Å². The van der Waals surface area contributed by atoms with Gasteiger partial charge in [0.1, 0.15) is 0 Å². The van der Waals surface area contributed by atoms with Crippen molar-refractivity contribution in [2.24, 2.45) is 0 Å². The molecule has 0 fully saturated rings. The van der Waals surface area contributed by atoms with E-state index < -0.39 is 0 Å². The van der Waals surface area contributed by atoms with E-state index in [1.165, 1.54) is 21.6 Å². The lowest BCUT2D eigenvalue weighted by Gasteiger charge is -2.22. The summed E-state index contributed by atoms with van der Waals surface area (Å²) in [5.74, 6) is 0.128. The molecule has 1 amide bonds. The number of hydrogen-bond acceptors (Lipinski definition) is 3. The van der Waals surface area contributed by atoms with Gasteiger partial charge in [-0.25, -0.2) is 0 Å². The standard InChI is InChI=1S/C22H22N2OS/c1-16-8-10-18(11-9-16)22(20-7-4-14-26-20)23-15-21(25)24-13-12-17-5-2-3-6-19(17)24/h2-11,14,22-23H,12-13,15H2,1H3/t22-/m1/s1. The van der Waals surface area contributed by atoms with Crippen LogP contribution in [-0.4, -0.2) is 19.0 Å². The molecule has 2 heterocycles. The fourth-order valence-corrected chi connectivity index (χ4v) is 4.31. The first-order valence-corrected chi connectivity index (χ1v) is 9.82. The van der Waals surface area contributed by atoms with E-state index in [1.54, 1.807) is 11.3 Å². The summed E-state index contributed by atoms with van der Waals surface area (Å²) in [4.78, 5) is 16.0. The molecule has 1 aromatic heterocycles. The fraction of sp³-hybridized carbons (Fsp3) is 0.227. The Labute approximate surface area is 158 Å². The topological polar surface area (TPSA) is 32.3 Å². The summed E-state index contributed by atoms with van der Waals surface area (Å²) >= 11 is 1.72. The Balaban J connectivity index is 1.50. The SMILES string of the molecule is Cc1ccc([C@@H](NCC(=O)N2CCc3ccccc32)c2cccs2)cc1. The molecule has 0 bridgehead atoms. The van der Waals surface area contributed by atoms with Crippen molar-refractivity contribution in [1.82, 2.24) is 5.32 Å². The average molecular weight is 362 g/mol. The van der Waals surface area contributed by atoms with Gasteiger partial charge in [0.25, 0.3) is 0 Å². The largest absolute Gasteiger partial charge is 0.311 e. The van der Waals surface area contributed by atoms with Crippen molar-refractivity contribution in [2.75, 3.05) is 18.0 Å². The number of nitrogens with zero attached hydrogens (tertiary/aromatic N) is 1. The summed E-state index contributed by atoms with van der Waals surface area (Å²) in [7, 11) is 0. The molecule has 0 saturated carbocycles. The number of aryl methyl sites for hydroxylation is 1. The number of nitrogens with one attached hydrogen (secondary N) is 1. The maximum absolute atomic E-state index is 12.8. The molecule has 1 atom stereocenters. The third kappa shape index (κ3) is 3.43. The van der Waals surface area contributed by atoms with Crippen molar-refractivity contribution in [3.8, 4) is 0 Å². The quantitative estimate of drug-likeness (QED) is 0.733. The minimum atomic E-state index is 0.0393. The molecule has 0 radical (unpaired) electrons. The Hall–Kier alpha value is -2.43. The van der Waals surface area contributed by atoms with Gasteiger partial charge in [0.15, 0.2) is 0 Å².